The topological polar surface area (TPSA) is 37.3 Å². The minimum absolute atomic E-state index is 0.0475. The molecule has 0 amide bonds. The minimum atomic E-state index is -1.08. The van der Waals surface area contributed by atoms with E-state index in [1.165, 1.54) is 0 Å². The van der Waals surface area contributed by atoms with Gasteiger partial charge in [-0.3, -0.25) is 4.79 Å². The SMILES string of the molecule is O=C1C2CC=CC1(O)CCC2. The van der Waals surface area contributed by atoms with Crippen molar-refractivity contribution in [3.8, 4) is 0 Å². The minimum Gasteiger partial charge on any atom is -0.378 e. The van der Waals surface area contributed by atoms with Gasteiger partial charge in [0, 0.05) is 5.92 Å². The summed E-state index contributed by atoms with van der Waals surface area (Å²) in [5.74, 6) is 0.157. The van der Waals surface area contributed by atoms with E-state index < -0.39 is 5.60 Å². The summed E-state index contributed by atoms with van der Waals surface area (Å²) in [6.07, 6.45) is 7.01. The number of hydrogen-bond acceptors (Lipinski definition) is 2. The lowest BCUT2D eigenvalue weighted by Gasteiger charge is -2.35. The first-order valence-corrected chi connectivity index (χ1v) is 4.17. The summed E-state index contributed by atoms with van der Waals surface area (Å²) >= 11 is 0. The number of hydrogen-bond donors (Lipinski definition) is 1. The zero-order chi connectivity index (χ0) is 7.90. The van der Waals surface area contributed by atoms with E-state index in [1.807, 2.05) is 6.08 Å². The van der Waals surface area contributed by atoms with Crippen molar-refractivity contribution in [2.24, 2.45) is 5.92 Å². The Morgan fingerprint density at radius 1 is 1.64 bits per heavy atom. The molecule has 0 spiro atoms. The number of Topliss-reactive ketones (excluding diaryl/α,β-unsaturated/α-hetero) is 1. The standard InChI is InChI=1S/C9H12O2/c10-8-7-3-1-5-9(8,11)6-2-4-7/h1,5,7,11H,2-4,6H2. The van der Waals surface area contributed by atoms with Gasteiger partial charge in [0.15, 0.2) is 5.78 Å². The van der Waals surface area contributed by atoms with Gasteiger partial charge in [-0.1, -0.05) is 6.08 Å². The summed E-state index contributed by atoms with van der Waals surface area (Å²) in [6.45, 7) is 0. The number of ketones is 1. The Balaban J connectivity index is 2.36. The molecular weight excluding hydrogens is 140 g/mol. The molecule has 2 nitrogen and oxygen atoms in total. The molecule has 0 saturated heterocycles. The second-order valence-corrected chi connectivity index (χ2v) is 3.52. The molecule has 2 aliphatic rings. The van der Waals surface area contributed by atoms with Crippen LogP contribution >= 0.6 is 0 Å². The molecule has 60 valence electrons. The van der Waals surface area contributed by atoms with E-state index in [0.29, 0.717) is 6.42 Å². The van der Waals surface area contributed by atoms with Gasteiger partial charge < -0.3 is 5.11 Å². The molecule has 1 fully saturated rings. The van der Waals surface area contributed by atoms with E-state index in [0.717, 1.165) is 19.3 Å². The molecule has 0 aromatic heterocycles. The predicted octanol–water partition coefficient (Wildman–Crippen LogP) is 1.05. The zero-order valence-electron chi connectivity index (χ0n) is 6.42. The van der Waals surface area contributed by atoms with Crippen LogP contribution in [0.5, 0.6) is 0 Å². The molecule has 0 aliphatic heterocycles. The number of aliphatic hydroxyl groups is 1. The Morgan fingerprint density at radius 2 is 2.45 bits per heavy atom. The van der Waals surface area contributed by atoms with Crippen LogP contribution in [0, 0.1) is 5.92 Å². The highest BCUT2D eigenvalue weighted by molar-refractivity contribution is 5.92. The number of fused-ring (bicyclic) bond motifs is 2. The monoisotopic (exact) mass is 152 g/mol. The quantitative estimate of drug-likeness (QED) is 0.527. The first kappa shape index (κ1) is 7.04. The summed E-state index contributed by atoms with van der Waals surface area (Å²) in [5, 5.41) is 9.73. The van der Waals surface area contributed by atoms with Gasteiger partial charge in [-0.2, -0.15) is 0 Å². The highest BCUT2D eigenvalue weighted by atomic mass is 16.3. The van der Waals surface area contributed by atoms with E-state index in [9.17, 15) is 9.90 Å². The van der Waals surface area contributed by atoms with Crippen molar-refractivity contribution >= 4 is 5.78 Å². The average Bonchev–Trinajstić information content (AvgIpc) is 1.93. The van der Waals surface area contributed by atoms with Crippen LogP contribution in [0.15, 0.2) is 12.2 Å². The Hall–Kier alpha value is -0.630. The lowest BCUT2D eigenvalue weighted by molar-refractivity contribution is -0.141. The van der Waals surface area contributed by atoms with Crippen LogP contribution in [-0.4, -0.2) is 16.5 Å². The van der Waals surface area contributed by atoms with Crippen molar-refractivity contribution in [1.29, 1.82) is 0 Å². The summed E-state index contributed by atoms with van der Waals surface area (Å²) < 4.78 is 0. The first-order valence-electron chi connectivity index (χ1n) is 4.17. The second-order valence-electron chi connectivity index (χ2n) is 3.52. The van der Waals surface area contributed by atoms with Gasteiger partial charge in [0.05, 0.1) is 0 Å². The summed E-state index contributed by atoms with van der Waals surface area (Å²) in [7, 11) is 0. The van der Waals surface area contributed by atoms with Crippen LogP contribution in [0.1, 0.15) is 25.7 Å². The molecule has 0 aromatic rings. The third-order valence-electron chi connectivity index (χ3n) is 2.72. The van der Waals surface area contributed by atoms with Gasteiger partial charge >= 0.3 is 0 Å². The molecule has 1 saturated carbocycles. The van der Waals surface area contributed by atoms with E-state index >= 15 is 0 Å². The van der Waals surface area contributed by atoms with Crippen LogP contribution in [0.3, 0.4) is 0 Å². The molecule has 0 aromatic carbocycles. The van der Waals surface area contributed by atoms with Crippen LogP contribution < -0.4 is 0 Å². The van der Waals surface area contributed by atoms with Gasteiger partial charge in [0.2, 0.25) is 0 Å². The summed E-state index contributed by atoms with van der Waals surface area (Å²) in [4.78, 5) is 11.4. The van der Waals surface area contributed by atoms with Crippen LogP contribution in [0.25, 0.3) is 0 Å². The van der Waals surface area contributed by atoms with Gasteiger partial charge in [-0.15, -0.1) is 0 Å². The van der Waals surface area contributed by atoms with Crippen molar-refractivity contribution in [3.63, 3.8) is 0 Å². The fraction of sp³-hybridized carbons (Fsp3) is 0.667. The molecule has 0 radical (unpaired) electrons. The smallest absolute Gasteiger partial charge is 0.171 e. The Kier molecular flexibility index (Phi) is 1.39. The second kappa shape index (κ2) is 2.18. The molecule has 2 bridgehead atoms. The normalized spacial score (nSPS) is 42.6. The van der Waals surface area contributed by atoms with Crippen molar-refractivity contribution in [1.82, 2.24) is 0 Å². The van der Waals surface area contributed by atoms with Gasteiger partial charge in [0.25, 0.3) is 0 Å². The molecule has 2 heteroatoms. The van der Waals surface area contributed by atoms with E-state index in [-0.39, 0.29) is 11.7 Å². The predicted molar refractivity (Wildman–Crippen MR) is 41.1 cm³/mol. The molecule has 11 heavy (non-hydrogen) atoms. The maximum atomic E-state index is 11.4. The van der Waals surface area contributed by atoms with Gasteiger partial charge in [0.1, 0.15) is 5.60 Å². The average molecular weight is 152 g/mol. The molecule has 2 rings (SSSR count). The van der Waals surface area contributed by atoms with Crippen molar-refractivity contribution in [3.05, 3.63) is 12.2 Å². The van der Waals surface area contributed by atoms with E-state index in [4.69, 9.17) is 0 Å². The Labute approximate surface area is 65.9 Å². The van der Waals surface area contributed by atoms with Crippen molar-refractivity contribution in [2.45, 2.75) is 31.3 Å². The van der Waals surface area contributed by atoms with Gasteiger partial charge in [-0.05, 0) is 31.8 Å². The van der Waals surface area contributed by atoms with Crippen molar-refractivity contribution in [2.75, 3.05) is 0 Å². The highest BCUT2D eigenvalue weighted by Crippen LogP contribution is 2.35. The molecule has 1 N–H and O–H groups in total. The number of rotatable bonds is 0. The molecular formula is C9H12O2. The molecule has 0 heterocycles. The number of carbonyl (C=O) groups excluding carboxylic acids is 1. The third kappa shape index (κ3) is 0.932. The van der Waals surface area contributed by atoms with Crippen LogP contribution in [0.4, 0.5) is 0 Å². The molecule has 2 unspecified atom stereocenters. The maximum Gasteiger partial charge on any atom is 0.171 e. The maximum absolute atomic E-state index is 11.4. The lowest BCUT2D eigenvalue weighted by atomic mass is 9.72. The molecule has 2 atom stereocenters. The first-order chi connectivity index (χ1) is 5.22. The fourth-order valence-electron chi connectivity index (χ4n) is 2.04. The van der Waals surface area contributed by atoms with Gasteiger partial charge in [-0.25, -0.2) is 0 Å². The summed E-state index contributed by atoms with van der Waals surface area (Å²) in [5.41, 5.74) is -1.08. The number of carbonyl (C=O) groups is 1. The Morgan fingerprint density at radius 3 is 3.09 bits per heavy atom. The van der Waals surface area contributed by atoms with E-state index in [2.05, 4.69) is 0 Å². The van der Waals surface area contributed by atoms with E-state index in [1.54, 1.807) is 6.08 Å². The van der Waals surface area contributed by atoms with Crippen LogP contribution in [-0.2, 0) is 4.79 Å². The third-order valence-corrected chi connectivity index (χ3v) is 2.72. The Bertz CT molecular complexity index is 220. The highest BCUT2D eigenvalue weighted by Gasteiger charge is 2.42. The fourth-order valence-corrected chi connectivity index (χ4v) is 2.04. The summed E-state index contributed by atoms with van der Waals surface area (Å²) in [6, 6.07) is 0. The molecule has 2 aliphatic carbocycles. The lowest BCUT2D eigenvalue weighted by Crippen LogP contribution is -2.46. The number of allylic oxidation sites excluding steroid dienone is 1. The zero-order valence-corrected chi connectivity index (χ0v) is 6.42. The van der Waals surface area contributed by atoms with Crippen molar-refractivity contribution < 1.29 is 9.90 Å². The van der Waals surface area contributed by atoms with Crippen LogP contribution in [0.2, 0.25) is 0 Å². The largest absolute Gasteiger partial charge is 0.378 e.